The number of hydrogen-bond acceptors (Lipinski definition) is 7. The summed E-state index contributed by atoms with van der Waals surface area (Å²) >= 11 is 0. The van der Waals surface area contributed by atoms with Gasteiger partial charge in [0.2, 0.25) is 15.9 Å². The first-order chi connectivity index (χ1) is 13.6. The summed E-state index contributed by atoms with van der Waals surface area (Å²) in [5, 5.41) is 10.7. The quantitative estimate of drug-likeness (QED) is 0.358. The highest BCUT2D eigenvalue weighted by Crippen LogP contribution is 2.27. The van der Waals surface area contributed by atoms with E-state index in [4.69, 9.17) is 4.74 Å². The number of nitro benzene ring substituents is 1. The molecule has 1 unspecified atom stereocenters. The molecule has 3 atom stereocenters. The largest absolute Gasteiger partial charge is 0.461 e. The molecule has 0 aliphatic carbocycles. The fourth-order valence-electron chi connectivity index (χ4n) is 3.08. The van der Waals surface area contributed by atoms with Gasteiger partial charge >= 0.3 is 5.97 Å². The van der Waals surface area contributed by atoms with E-state index in [9.17, 15) is 28.1 Å². The van der Waals surface area contributed by atoms with Crippen LogP contribution in [-0.2, 0) is 24.3 Å². The first kappa shape index (κ1) is 22.8. The number of likely N-dealkylation sites (N-methyl/N-ethyl adjacent to an activating group) is 1. The average Bonchev–Trinajstić information content (AvgIpc) is 3.05. The maximum atomic E-state index is 12.8. The smallest absolute Gasteiger partial charge is 0.307 e. The fraction of sp³-hybridized carbons (Fsp3) is 0.556. The van der Waals surface area contributed by atoms with Crippen molar-refractivity contribution >= 4 is 27.6 Å². The molecule has 10 nitrogen and oxygen atoms in total. The van der Waals surface area contributed by atoms with Crippen LogP contribution in [-0.4, -0.2) is 55.9 Å². The van der Waals surface area contributed by atoms with Crippen LogP contribution in [0.15, 0.2) is 29.2 Å². The number of nitrogens with one attached hydrogen (secondary N) is 1. The molecule has 0 radical (unpaired) electrons. The fourth-order valence-corrected chi connectivity index (χ4v) is 4.20. The molecule has 11 heteroatoms. The number of amides is 1. The summed E-state index contributed by atoms with van der Waals surface area (Å²) < 4.78 is 32.4. The third-order valence-electron chi connectivity index (χ3n) is 4.94. The number of ether oxygens (including phenoxy) is 1. The third kappa shape index (κ3) is 5.51. The van der Waals surface area contributed by atoms with Gasteiger partial charge in [0.05, 0.1) is 22.2 Å². The Hall–Kier alpha value is -2.53. The monoisotopic (exact) mass is 427 g/mol. The molecule has 160 valence electrons. The molecule has 0 spiro atoms. The Balaban J connectivity index is 1.99. The molecule has 1 amide bonds. The molecule has 2 rings (SSSR count). The topological polar surface area (TPSA) is 136 Å². The average molecular weight is 427 g/mol. The lowest BCUT2D eigenvalue weighted by Crippen LogP contribution is -2.46. The van der Waals surface area contributed by atoms with Crippen LogP contribution in [0.1, 0.15) is 33.1 Å². The number of sulfonamides is 1. The van der Waals surface area contributed by atoms with Crippen LogP contribution in [0.5, 0.6) is 0 Å². The van der Waals surface area contributed by atoms with Gasteiger partial charge in [-0.25, -0.2) is 13.1 Å². The van der Waals surface area contributed by atoms with Gasteiger partial charge in [-0.1, -0.05) is 13.3 Å². The minimum absolute atomic E-state index is 0.0229. The van der Waals surface area contributed by atoms with Crippen LogP contribution in [0.2, 0.25) is 0 Å². The number of carbonyl (C=O) groups is 2. The number of esters is 1. The molecule has 1 fully saturated rings. The first-order valence-electron chi connectivity index (χ1n) is 9.27. The Morgan fingerprint density at radius 1 is 1.38 bits per heavy atom. The van der Waals surface area contributed by atoms with Crippen molar-refractivity contribution in [3.63, 3.8) is 0 Å². The SMILES string of the molecule is CCC[C@H]1OC(=O)C[C@@H]1C(=O)N(C)C(C)CNS(=O)(=O)c1ccc([N+](=O)[O-])cc1. The molecule has 1 heterocycles. The van der Waals surface area contributed by atoms with E-state index in [1.54, 1.807) is 14.0 Å². The molecule has 1 aromatic carbocycles. The van der Waals surface area contributed by atoms with Crippen molar-refractivity contribution in [3.8, 4) is 0 Å². The van der Waals surface area contributed by atoms with Crippen molar-refractivity contribution in [2.75, 3.05) is 13.6 Å². The summed E-state index contributed by atoms with van der Waals surface area (Å²) in [6.07, 6.45) is 0.939. The van der Waals surface area contributed by atoms with Crippen molar-refractivity contribution in [1.29, 1.82) is 0 Å². The van der Waals surface area contributed by atoms with E-state index >= 15 is 0 Å². The molecule has 1 N–H and O–H groups in total. The molecule has 1 aromatic rings. The Bertz CT molecular complexity index is 870. The van der Waals surface area contributed by atoms with Crippen LogP contribution in [0.25, 0.3) is 0 Å². The number of rotatable bonds is 9. The Morgan fingerprint density at radius 2 is 2.00 bits per heavy atom. The van der Waals surface area contributed by atoms with Gasteiger partial charge in [0.1, 0.15) is 6.10 Å². The summed E-state index contributed by atoms with van der Waals surface area (Å²) in [7, 11) is -2.34. The van der Waals surface area contributed by atoms with Crippen LogP contribution >= 0.6 is 0 Å². The molecule has 1 aliphatic rings. The number of cyclic esters (lactones) is 1. The Kier molecular flexibility index (Phi) is 7.31. The molecule has 0 saturated carbocycles. The highest BCUT2D eigenvalue weighted by atomic mass is 32.2. The van der Waals surface area contributed by atoms with Gasteiger partial charge in [-0.05, 0) is 25.5 Å². The molecule has 0 aromatic heterocycles. The second kappa shape index (κ2) is 9.31. The van der Waals surface area contributed by atoms with Crippen molar-refractivity contribution in [1.82, 2.24) is 9.62 Å². The predicted octanol–water partition coefficient (Wildman–Crippen LogP) is 1.45. The Morgan fingerprint density at radius 3 is 2.55 bits per heavy atom. The zero-order chi connectivity index (χ0) is 21.8. The number of nitro groups is 1. The maximum Gasteiger partial charge on any atom is 0.307 e. The van der Waals surface area contributed by atoms with Crippen LogP contribution in [0.4, 0.5) is 5.69 Å². The third-order valence-corrected chi connectivity index (χ3v) is 6.38. The lowest BCUT2D eigenvalue weighted by atomic mass is 9.96. The van der Waals surface area contributed by atoms with Crippen LogP contribution in [0.3, 0.4) is 0 Å². The molecular weight excluding hydrogens is 402 g/mol. The van der Waals surface area contributed by atoms with E-state index in [1.807, 2.05) is 6.92 Å². The number of hydrogen-bond donors (Lipinski definition) is 1. The second-order valence-corrected chi connectivity index (χ2v) is 8.80. The normalized spacial score (nSPS) is 20.2. The highest BCUT2D eigenvalue weighted by Gasteiger charge is 2.41. The lowest BCUT2D eigenvalue weighted by molar-refractivity contribution is -0.384. The molecule has 1 aliphatic heterocycles. The van der Waals surface area contributed by atoms with Gasteiger partial charge in [0, 0.05) is 31.8 Å². The molecular formula is C18H25N3O7S. The summed E-state index contributed by atoms with van der Waals surface area (Å²) in [4.78, 5) is 35.7. The van der Waals surface area contributed by atoms with Crippen molar-refractivity contribution in [2.45, 2.75) is 50.2 Å². The van der Waals surface area contributed by atoms with Gasteiger partial charge in [-0.15, -0.1) is 0 Å². The van der Waals surface area contributed by atoms with Crippen LogP contribution < -0.4 is 4.72 Å². The number of non-ortho nitro benzene ring substituents is 1. The number of carbonyl (C=O) groups excluding carboxylic acids is 2. The lowest BCUT2D eigenvalue weighted by Gasteiger charge is -2.29. The number of benzene rings is 1. The van der Waals surface area contributed by atoms with Gasteiger partial charge in [0.25, 0.3) is 5.69 Å². The minimum Gasteiger partial charge on any atom is -0.461 e. The molecule has 29 heavy (non-hydrogen) atoms. The first-order valence-corrected chi connectivity index (χ1v) is 10.8. The van der Waals surface area contributed by atoms with E-state index < -0.39 is 39.0 Å². The van der Waals surface area contributed by atoms with E-state index in [-0.39, 0.29) is 29.5 Å². The summed E-state index contributed by atoms with van der Waals surface area (Å²) in [6.45, 7) is 3.57. The summed E-state index contributed by atoms with van der Waals surface area (Å²) in [5.41, 5.74) is -0.211. The van der Waals surface area contributed by atoms with E-state index in [1.165, 1.54) is 4.90 Å². The van der Waals surface area contributed by atoms with Gasteiger partial charge in [-0.2, -0.15) is 0 Å². The van der Waals surface area contributed by atoms with Crippen molar-refractivity contribution in [2.24, 2.45) is 5.92 Å². The molecule has 1 saturated heterocycles. The Labute approximate surface area is 169 Å². The van der Waals surface area contributed by atoms with E-state index in [0.717, 1.165) is 30.7 Å². The standard InChI is InChI=1S/C18H25N3O7S/c1-4-5-16-15(10-17(22)28-16)18(23)20(3)12(2)11-19-29(26,27)14-8-6-13(7-9-14)21(24)25/h6-9,12,15-16,19H,4-5,10-11H2,1-3H3/t12?,15-,16+/m0/s1. The van der Waals surface area contributed by atoms with Gasteiger partial charge in [0.15, 0.2) is 0 Å². The maximum absolute atomic E-state index is 12.8. The van der Waals surface area contributed by atoms with Crippen molar-refractivity contribution in [3.05, 3.63) is 34.4 Å². The second-order valence-electron chi connectivity index (χ2n) is 7.03. The van der Waals surface area contributed by atoms with E-state index in [2.05, 4.69) is 4.72 Å². The minimum atomic E-state index is -3.89. The summed E-state index contributed by atoms with van der Waals surface area (Å²) in [6, 6.07) is 4.04. The zero-order valence-corrected chi connectivity index (χ0v) is 17.3. The highest BCUT2D eigenvalue weighted by molar-refractivity contribution is 7.89. The molecule has 0 bridgehead atoms. The van der Waals surface area contributed by atoms with Gasteiger partial charge in [-0.3, -0.25) is 19.7 Å². The van der Waals surface area contributed by atoms with Gasteiger partial charge < -0.3 is 9.64 Å². The zero-order valence-electron chi connectivity index (χ0n) is 16.5. The van der Waals surface area contributed by atoms with E-state index in [0.29, 0.717) is 6.42 Å². The summed E-state index contributed by atoms with van der Waals surface area (Å²) in [5.74, 6) is -1.24. The number of nitrogens with zero attached hydrogens (tertiary/aromatic N) is 2. The predicted molar refractivity (Wildman–Crippen MR) is 103 cm³/mol. The van der Waals surface area contributed by atoms with Crippen LogP contribution in [0, 0.1) is 16.0 Å². The van der Waals surface area contributed by atoms with Crippen molar-refractivity contribution < 1.29 is 27.7 Å².